The Morgan fingerprint density at radius 2 is 0.437 bits per heavy atom. The maximum absolute atomic E-state index is 11.5. The summed E-state index contributed by atoms with van der Waals surface area (Å²) in [6.07, 6.45) is 15.7. The Labute approximate surface area is 1340 Å². The summed E-state index contributed by atoms with van der Waals surface area (Å²) in [7, 11) is -2.62. The van der Waals surface area contributed by atoms with E-state index in [9.17, 15) is 43.2 Å². The van der Waals surface area contributed by atoms with Gasteiger partial charge in [0.25, 0.3) is 0 Å². The van der Waals surface area contributed by atoms with E-state index in [1.54, 1.807) is 18.2 Å². The molecule has 23 nitrogen and oxygen atoms in total. The first kappa shape index (κ1) is 216. The van der Waals surface area contributed by atoms with Crippen molar-refractivity contribution in [2.75, 3.05) is 92.5 Å². The fraction of sp³-hybridized carbons (Fsp3) is 0.766. The van der Waals surface area contributed by atoms with Crippen LogP contribution in [0.1, 0.15) is 204 Å². The number of hydrogen-bond acceptors (Lipinski definition) is 23. The van der Waals surface area contributed by atoms with E-state index < -0.39 is 36.4 Å². The molecular formula is C64H114I55O23-11. The van der Waals surface area contributed by atoms with Crippen molar-refractivity contribution in [3.8, 4) is 0 Å². The Bertz CT molecular complexity index is 2300. The molecule has 0 amide bonds. The van der Waals surface area contributed by atoms with E-state index >= 15 is 0 Å². The Morgan fingerprint density at radius 3 is 0.606 bits per heavy atom. The number of aliphatic hydroxyl groups excluding tert-OH is 1. The second-order valence-electron chi connectivity index (χ2n) is 21.2. The van der Waals surface area contributed by atoms with Crippen LogP contribution in [-0.4, -0.2) is 176 Å². The average Bonchev–Trinajstić information content (AvgIpc) is 0.955. The number of rotatable bonds is 57. The second-order valence-corrected chi connectivity index (χ2v) is 638. The normalized spacial score (nSPS) is 11.3. The molecule has 0 aliphatic carbocycles. The van der Waals surface area contributed by atoms with Gasteiger partial charge in [0.15, 0.2) is 18.3 Å². The van der Waals surface area contributed by atoms with Gasteiger partial charge >= 0.3 is 922 Å². The number of carbonyl (C=O) groups excluding carboxylic acids is 9. The summed E-state index contributed by atoms with van der Waals surface area (Å²) in [6, 6.07) is 0. The van der Waals surface area contributed by atoms with Crippen LogP contribution in [0, 0.1) is 0 Å². The van der Waals surface area contributed by atoms with E-state index in [1.807, 2.05) is 69.2 Å². The van der Waals surface area contributed by atoms with Crippen LogP contribution in [0.15, 0.2) is 38.0 Å². The van der Waals surface area contributed by atoms with Gasteiger partial charge < -0.3 is 66.7 Å². The van der Waals surface area contributed by atoms with Crippen LogP contribution in [0.25, 0.3) is 0 Å². The van der Waals surface area contributed by atoms with Gasteiger partial charge in [0.2, 0.25) is 0 Å². The number of aliphatic hydroxyl groups is 1. The molecule has 78 heteroatoms. The van der Waals surface area contributed by atoms with E-state index in [1.165, 1.54) is 0 Å². The van der Waals surface area contributed by atoms with E-state index in [4.69, 9.17) is 61.9 Å². The molecule has 4 unspecified atom stereocenters. The van der Waals surface area contributed by atoms with E-state index in [2.05, 4.69) is 676 Å². The standard InChI is InChI=1S/3C15H26O5.C10H20O4.C9H16O4.2I8.3I5.8I3/c3*1-4-7-10-18-11-13(20-15(17)9-6-3)12-19-14(16)8-5-2;1-3-5-10(12)14-9(7-11)8-13-6-4-2;1-3-5-8(10)13-9(11)7-12-6-4-2;2*1-6(2)8(5)7(3)4;3*1-4-5(2)3;8*1-3-2/h3*4,13H,1,5-12H2,2-3H3;9,11H,3-8H2,1-2H3;3-7H2,1-2H3;;;;;;;;;;;;;/q;;;;;;;11*-1. The zero-order valence-electron chi connectivity index (χ0n) is 75.6. The molecule has 0 saturated carbocycles. The third-order valence-corrected chi connectivity index (χ3v) is 919. The SMILES string of the molecule is C=CCCOCC(COC(=O)CCC)OC(=O)CCC.C=CCCOCC(COC(=O)CCC)OC(=O)CCC.C=CCCOCC(COC(=O)CCC)OC(=O)CCC.CCCOCC(=O)OC(=O)CCC.CCCOCC(CO)OC(=O)CCC.II(I)I(I)I(I)I.II(I)I(I)I(I)I.I[I-]I.I[I-]I.I[I-]I.I[I-]I.I[I-]I.I[I-]I.I[I-]I.I[I-]I.I[I-]I(I)I.I[I-]I(I)I.I[I-]I(I)I. The van der Waals surface area contributed by atoms with Crippen LogP contribution < -0.4 is 146 Å². The van der Waals surface area contributed by atoms with Gasteiger partial charge in [-0.15, -0.1) is 19.7 Å². The van der Waals surface area contributed by atoms with Gasteiger partial charge in [0.1, 0.15) is 32.5 Å². The topological polar surface area (TPSA) is 294 Å². The quantitative estimate of drug-likeness (QED) is 0.0148. The van der Waals surface area contributed by atoms with Crippen molar-refractivity contribution in [1.29, 1.82) is 0 Å². The fourth-order valence-electron chi connectivity index (χ4n) is 5.93. The van der Waals surface area contributed by atoms with E-state index in [-0.39, 0.29) is 179 Å². The monoisotopic (exact) mass is 8230 g/mol. The van der Waals surface area contributed by atoms with E-state index in [0.29, 0.717) is 230 Å². The molecule has 0 heterocycles. The Balaban J connectivity index is -0.0000000751. The van der Waals surface area contributed by atoms with Crippen molar-refractivity contribution in [2.24, 2.45) is 0 Å². The van der Waals surface area contributed by atoms with Gasteiger partial charge in [-0.3, -0.25) is 38.4 Å². The van der Waals surface area contributed by atoms with Crippen LogP contribution >= 0.6 is 723 Å². The van der Waals surface area contributed by atoms with Gasteiger partial charge in [-0.1, -0.05) is 87.5 Å². The number of carbonyl (C=O) groups is 9. The minimum atomic E-state index is -0.605. The molecule has 0 bridgehead atoms. The Kier molecular flexibility index (Phi) is 309. The van der Waals surface area contributed by atoms with Crippen molar-refractivity contribution in [1.82, 2.24) is 0 Å². The molecule has 4 atom stereocenters. The molecule has 142 heavy (non-hydrogen) atoms. The molecule has 0 aromatic carbocycles. The van der Waals surface area contributed by atoms with Crippen LogP contribution in [-0.2, 0) is 105 Å². The zero-order chi connectivity index (χ0) is 115. The van der Waals surface area contributed by atoms with Crippen LogP contribution in [0.4, 0.5) is 0 Å². The number of halogens is 55. The number of hydrogen-bond donors (Lipinski definition) is 1. The van der Waals surface area contributed by atoms with Crippen LogP contribution in [0.3, 0.4) is 0 Å². The zero-order valence-corrected chi connectivity index (χ0v) is 194. The fourth-order valence-corrected chi connectivity index (χ4v) is 844. The molecule has 0 saturated heterocycles. The van der Waals surface area contributed by atoms with Gasteiger partial charge in [0, 0.05) is 64.6 Å². The summed E-state index contributed by atoms with van der Waals surface area (Å²) in [5, 5.41) is 8.89. The molecule has 0 aliphatic rings. The molecular weight excluding hydrogens is 8120 g/mol. The third kappa shape index (κ3) is 248. The molecule has 904 valence electrons. The van der Waals surface area contributed by atoms with Crippen LogP contribution in [0.5, 0.6) is 0 Å². The van der Waals surface area contributed by atoms with Crippen molar-refractivity contribution >= 4 is 776 Å². The first-order chi connectivity index (χ1) is 67.1. The van der Waals surface area contributed by atoms with Crippen molar-refractivity contribution < 1.29 is 256 Å². The Hall–Kier alpha value is 34.6. The molecule has 0 spiro atoms. The van der Waals surface area contributed by atoms with Gasteiger partial charge in [-0.2, -0.15) is 0 Å². The molecule has 0 fully saturated rings. The summed E-state index contributed by atoms with van der Waals surface area (Å²) in [4.78, 5) is 101. The van der Waals surface area contributed by atoms with Gasteiger partial charge in [-0.25, -0.2) is 4.79 Å². The minimum absolute atomic E-state index is 0.0440. The summed E-state index contributed by atoms with van der Waals surface area (Å²) in [6.45, 7) is 33.3. The first-order valence-corrected chi connectivity index (χ1v) is 301. The summed E-state index contributed by atoms with van der Waals surface area (Å²) in [5.74, 6) is -3.09. The Morgan fingerprint density at radius 1 is 0.261 bits per heavy atom. The summed E-state index contributed by atoms with van der Waals surface area (Å²) in [5.41, 5.74) is 0. The molecule has 0 aliphatic heterocycles. The molecule has 0 radical (unpaired) electrons. The average molecular weight is 8230 g/mol. The van der Waals surface area contributed by atoms with Gasteiger partial charge in [-0.05, 0) is 83.5 Å². The molecule has 1 N–H and O–H groups in total. The number of ether oxygens (including phenoxy) is 13. The predicted molar refractivity (Wildman–Crippen MR) is 946 cm³/mol. The van der Waals surface area contributed by atoms with Crippen LogP contribution in [0.2, 0.25) is 0 Å². The first-order valence-electron chi connectivity index (χ1n) is 37.2. The van der Waals surface area contributed by atoms with Crippen molar-refractivity contribution in [2.45, 2.75) is 228 Å². The number of esters is 9. The van der Waals surface area contributed by atoms with Crippen molar-refractivity contribution in [3.63, 3.8) is 0 Å². The van der Waals surface area contributed by atoms with E-state index in [0.717, 1.165) is 77.0 Å². The van der Waals surface area contributed by atoms with Crippen molar-refractivity contribution in [3.05, 3.63) is 38.0 Å². The third-order valence-electron chi connectivity index (χ3n) is 10.5. The summed E-state index contributed by atoms with van der Waals surface area (Å²) >= 11 is 94.8. The van der Waals surface area contributed by atoms with Gasteiger partial charge in [0.05, 0.1) is 52.9 Å². The maximum atomic E-state index is 11.5. The second kappa shape index (κ2) is 202. The molecule has 0 rings (SSSR count). The predicted octanol–water partition coefficient (Wildman–Crippen LogP) is 16.3. The molecule has 0 aromatic rings. The summed E-state index contributed by atoms with van der Waals surface area (Å²) < 4.78 is 66.5. The molecule has 0 aromatic heterocycles.